The highest BCUT2D eigenvalue weighted by Crippen LogP contribution is 2.30. The van der Waals surface area contributed by atoms with Gasteiger partial charge in [0.05, 0.1) is 17.7 Å². The van der Waals surface area contributed by atoms with Gasteiger partial charge in [0.2, 0.25) is 0 Å². The second-order valence-electron chi connectivity index (χ2n) is 5.26. The molecule has 1 saturated carbocycles. The second-order valence-corrected chi connectivity index (χ2v) is 5.26. The summed E-state index contributed by atoms with van der Waals surface area (Å²) in [6.45, 7) is 1.44. The van der Waals surface area contributed by atoms with Gasteiger partial charge in [-0.05, 0) is 30.9 Å². The monoisotopic (exact) mass is 280 g/mol. The summed E-state index contributed by atoms with van der Waals surface area (Å²) in [6.07, 6.45) is 1.42. The standard InChI is InChI=1S/C15H18F2N2O/c16-12-3-1-4-13(17)15(12)14(20)10-19(8-2-7-18)9-11-5-6-11/h1,3-4,11,14,20H,2,5-6,8-10H2. The Morgan fingerprint density at radius 1 is 1.35 bits per heavy atom. The molecule has 1 aliphatic rings. The summed E-state index contributed by atoms with van der Waals surface area (Å²) in [6, 6.07) is 5.61. The van der Waals surface area contributed by atoms with Crippen LogP contribution in [0, 0.1) is 28.9 Å². The molecular formula is C15H18F2N2O. The van der Waals surface area contributed by atoms with Crippen LogP contribution in [0.4, 0.5) is 8.78 Å². The molecule has 0 bridgehead atoms. The molecule has 1 aliphatic carbocycles. The fourth-order valence-electron chi connectivity index (χ4n) is 2.30. The molecule has 1 N–H and O–H groups in total. The van der Waals surface area contributed by atoms with E-state index in [1.807, 2.05) is 4.90 Å². The van der Waals surface area contributed by atoms with Crippen molar-refractivity contribution >= 4 is 0 Å². The number of halogens is 2. The number of rotatable bonds is 7. The summed E-state index contributed by atoms with van der Waals surface area (Å²) in [5, 5.41) is 18.7. The zero-order chi connectivity index (χ0) is 14.5. The van der Waals surface area contributed by atoms with Gasteiger partial charge < -0.3 is 5.11 Å². The molecule has 5 heteroatoms. The molecule has 1 aromatic carbocycles. The van der Waals surface area contributed by atoms with Crippen molar-refractivity contribution in [1.82, 2.24) is 4.90 Å². The van der Waals surface area contributed by atoms with E-state index in [0.29, 0.717) is 18.9 Å². The molecule has 108 valence electrons. The van der Waals surface area contributed by atoms with E-state index in [0.717, 1.165) is 31.5 Å². The predicted molar refractivity (Wildman–Crippen MR) is 70.7 cm³/mol. The average Bonchev–Trinajstić information content (AvgIpc) is 3.19. The van der Waals surface area contributed by atoms with Crippen LogP contribution in [0.3, 0.4) is 0 Å². The third-order valence-corrected chi connectivity index (χ3v) is 3.52. The molecule has 1 fully saturated rings. The van der Waals surface area contributed by atoms with E-state index in [-0.39, 0.29) is 12.1 Å². The van der Waals surface area contributed by atoms with Crippen molar-refractivity contribution in [2.45, 2.75) is 25.4 Å². The van der Waals surface area contributed by atoms with Crippen molar-refractivity contribution in [3.8, 4) is 6.07 Å². The summed E-state index contributed by atoms with van der Waals surface area (Å²) in [4.78, 5) is 1.91. The van der Waals surface area contributed by atoms with E-state index in [4.69, 9.17) is 5.26 Å². The minimum atomic E-state index is -1.21. The van der Waals surface area contributed by atoms with Crippen LogP contribution < -0.4 is 0 Å². The first-order valence-corrected chi connectivity index (χ1v) is 6.83. The zero-order valence-corrected chi connectivity index (χ0v) is 11.2. The molecule has 1 atom stereocenters. The average molecular weight is 280 g/mol. The lowest BCUT2D eigenvalue weighted by molar-refractivity contribution is 0.105. The molecular weight excluding hydrogens is 262 g/mol. The topological polar surface area (TPSA) is 47.3 Å². The molecule has 0 heterocycles. The molecule has 0 aromatic heterocycles. The van der Waals surface area contributed by atoms with Gasteiger partial charge in [0.1, 0.15) is 11.6 Å². The highest BCUT2D eigenvalue weighted by molar-refractivity contribution is 5.22. The Labute approximate surface area is 117 Å². The summed E-state index contributed by atoms with van der Waals surface area (Å²) in [5.41, 5.74) is -0.287. The molecule has 0 spiro atoms. The lowest BCUT2D eigenvalue weighted by Gasteiger charge is -2.24. The first kappa shape index (κ1) is 14.9. The summed E-state index contributed by atoms with van der Waals surface area (Å²) >= 11 is 0. The third kappa shape index (κ3) is 3.99. The highest BCUT2D eigenvalue weighted by atomic mass is 19.1. The lowest BCUT2D eigenvalue weighted by Crippen LogP contribution is -2.32. The lowest BCUT2D eigenvalue weighted by atomic mass is 10.1. The van der Waals surface area contributed by atoms with Crippen molar-refractivity contribution in [1.29, 1.82) is 5.26 Å². The van der Waals surface area contributed by atoms with E-state index in [2.05, 4.69) is 6.07 Å². The van der Waals surface area contributed by atoms with Crippen LogP contribution in [-0.2, 0) is 0 Å². The zero-order valence-electron chi connectivity index (χ0n) is 11.2. The highest BCUT2D eigenvalue weighted by Gasteiger charge is 2.26. The molecule has 0 radical (unpaired) electrons. The Morgan fingerprint density at radius 2 is 2.00 bits per heavy atom. The fraction of sp³-hybridized carbons (Fsp3) is 0.533. The number of aliphatic hydroxyl groups is 1. The van der Waals surface area contributed by atoms with Crippen molar-refractivity contribution in [3.63, 3.8) is 0 Å². The number of nitriles is 1. The Hall–Kier alpha value is -1.51. The molecule has 0 amide bonds. The molecule has 2 rings (SSSR count). The van der Waals surface area contributed by atoms with Gasteiger partial charge in [-0.15, -0.1) is 0 Å². The largest absolute Gasteiger partial charge is 0.387 e. The summed E-state index contributed by atoms with van der Waals surface area (Å²) < 4.78 is 27.2. The van der Waals surface area contributed by atoms with Crippen LogP contribution in [0.15, 0.2) is 18.2 Å². The summed E-state index contributed by atoms with van der Waals surface area (Å²) in [7, 11) is 0. The normalized spacial score (nSPS) is 16.1. The maximum absolute atomic E-state index is 13.6. The SMILES string of the molecule is N#CCCN(CC1CC1)CC(O)c1c(F)cccc1F. The minimum absolute atomic E-state index is 0.149. The number of aliphatic hydroxyl groups excluding tert-OH is 1. The first-order chi connectivity index (χ1) is 9.61. The first-order valence-electron chi connectivity index (χ1n) is 6.83. The fourth-order valence-corrected chi connectivity index (χ4v) is 2.30. The van der Waals surface area contributed by atoms with Crippen molar-refractivity contribution in [3.05, 3.63) is 35.4 Å². The van der Waals surface area contributed by atoms with E-state index in [1.165, 1.54) is 6.07 Å². The van der Waals surface area contributed by atoms with Crippen molar-refractivity contribution in [2.75, 3.05) is 19.6 Å². The van der Waals surface area contributed by atoms with Gasteiger partial charge in [-0.25, -0.2) is 8.78 Å². The molecule has 1 unspecified atom stereocenters. The minimum Gasteiger partial charge on any atom is -0.387 e. The van der Waals surface area contributed by atoms with Gasteiger partial charge in [-0.3, -0.25) is 4.90 Å². The van der Waals surface area contributed by atoms with Crippen LogP contribution >= 0.6 is 0 Å². The Morgan fingerprint density at radius 3 is 2.55 bits per heavy atom. The van der Waals surface area contributed by atoms with Crippen LogP contribution in [0.25, 0.3) is 0 Å². The maximum atomic E-state index is 13.6. The van der Waals surface area contributed by atoms with Gasteiger partial charge >= 0.3 is 0 Å². The van der Waals surface area contributed by atoms with Gasteiger partial charge in [-0.1, -0.05) is 6.07 Å². The molecule has 1 aromatic rings. The second kappa shape index (κ2) is 6.78. The van der Waals surface area contributed by atoms with Gasteiger partial charge in [0, 0.05) is 26.1 Å². The van der Waals surface area contributed by atoms with E-state index in [1.54, 1.807) is 0 Å². The number of benzene rings is 1. The van der Waals surface area contributed by atoms with Crippen molar-refractivity contribution in [2.24, 2.45) is 5.92 Å². The predicted octanol–water partition coefficient (Wildman–Crippen LogP) is 2.62. The molecule has 20 heavy (non-hydrogen) atoms. The smallest absolute Gasteiger partial charge is 0.131 e. The van der Waals surface area contributed by atoms with E-state index in [9.17, 15) is 13.9 Å². The quantitative estimate of drug-likeness (QED) is 0.835. The summed E-state index contributed by atoms with van der Waals surface area (Å²) in [5.74, 6) is -0.875. The Balaban J connectivity index is 2.02. The number of nitrogens with zero attached hydrogens (tertiary/aromatic N) is 2. The number of hydrogen-bond donors (Lipinski definition) is 1. The van der Waals surface area contributed by atoms with E-state index < -0.39 is 17.7 Å². The van der Waals surface area contributed by atoms with Gasteiger partial charge in [0.15, 0.2) is 0 Å². The molecule has 0 aliphatic heterocycles. The van der Waals surface area contributed by atoms with Crippen LogP contribution in [-0.4, -0.2) is 29.6 Å². The van der Waals surface area contributed by atoms with Crippen molar-refractivity contribution < 1.29 is 13.9 Å². The van der Waals surface area contributed by atoms with Gasteiger partial charge in [0.25, 0.3) is 0 Å². The van der Waals surface area contributed by atoms with Crippen LogP contribution in [0.2, 0.25) is 0 Å². The Kier molecular flexibility index (Phi) is 5.05. The Bertz CT molecular complexity index is 477. The van der Waals surface area contributed by atoms with Crippen LogP contribution in [0.1, 0.15) is 30.9 Å². The van der Waals surface area contributed by atoms with Gasteiger partial charge in [-0.2, -0.15) is 5.26 Å². The number of hydrogen-bond acceptors (Lipinski definition) is 3. The maximum Gasteiger partial charge on any atom is 0.131 e. The van der Waals surface area contributed by atoms with Crippen LogP contribution in [0.5, 0.6) is 0 Å². The molecule has 3 nitrogen and oxygen atoms in total. The van der Waals surface area contributed by atoms with E-state index >= 15 is 0 Å². The molecule has 0 saturated heterocycles. The third-order valence-electron chi connectivity index (χ3n) is 3.52.